The van der Waals surface area contributed by atoms with Gasteiger partial charge in [0.05, 0.1) is 18.8 Å². The molecule has 13 heavy (non-hydrogen) atoms. The molecule has 0 saturated carbocycles. The van der Waals surface area contributed by atoms with Crippen LogP contribution in [0.15, 0.2) is 12.7 Å². The van der Waals surface area contributed by atoms with E-state index < -0.39 is 9.05 Å². The van der Waals surface area contributed by atoms with Crippen molar-refractivity contribution in [2.24, 2.45) is 0 Å². The van der Waals surface area contributed by atoms with Crippen LogP contribution in [0.25, 0.3) is 0 Å². The summed E-state index contributed by atoms with van der Waals surface area (Å²) >= 11 is 0. The molecule has 7 heteroatoms. The predicted molar refractivity (Wildman–Crippen MR) is 45.9 cm³/mol. The van der Waals surface area contributed by atoms with Crippen molar-refractivity contribution in [2.75, 3.05) is 6.61 Å². The van der Waals surface area contributed by atoms with Crippen molar-refractivity contribution in [3.8, 4) is 6.07 Å². The molecule has 1 aliphatic heterocycles. The molecule has 0 aromatic carbocycles. The summed E-state index contributed by atoms with van der Waals surface area (Å²) in [5, 5.41) is 7.51. The highest BCUT2D eigenvalue weighted by Gasteiger charge is 2.22. The molecule has 1 rings (SSSR count). The number of rotatable bonds is 0. The molecule has 0 bridgehead atoms. The Labute approximate surface area is 77.4 Å². The first kappa shape index (κ1) is 14.8. The third-order valence-corrected chi connectivity index (χ3v) is 0.591. The molecular weight excluding hydrogens is 194 g/mol. The van der Waals surface area contributed by atoms with Gasteiger partial charge in [0.1, 0.15) is 0 Å². The number of hydrogen-bond donors (Lipinski definition) is 4. The lowest BCUT2D eigenvalue weighted by atomic mass is 10.6. The van der Waals surface area contributed by atoms with Crippen LogP contribution in [0.2, 0.25) is 0 Å². The van der Waals surface area contributed by atoms with Crippen LogP contribution in [-0.2, 0) is 4.74 Å². The highest BCUT2D eigenvalue weighted by atomic mass is 28.4. The highest BCUT2D eigenvalue weighted by Crippen LogP contribution is 2.04. The molecule has 0 radical (unpaired) electrons. The topological polar surface area (TPSA) is 117 Å². The van der Waals surface area contributed by atoms with Gasteiger partial charge in [-0.2, -0.15) is 5.26 Å². The molecule has 0 aromatic rings. The molecule has 4 N–H and O–H groups in total. The Morgan fingerprint density at radius 3 is 1.69 bits per heavy atom. The van der Waals surface area contributed by atoms with Gasteiger partial charge < -0.3 is 23.9 Å². The van der Waals surface area contributed by atoms with Crippen LogP contribution in [0, 0.1) is 11.3 Å². The summed E-state index contributed by atoms with van der Waals surface area (Å²) in [6.07, 6.45) is 1.76. The smallest absolute Gasteiger partial charge is 0.373 e. The van der Waals surface area contributed by atoms with Crippen molar-refractivity contribution in [1.82, 2.24) is 0 Å². The van der Waals surface area contributed by atoms with E-state index in [4.69, 9.17) is 29.2 Å². The Hall–Kier alpha value is -0.753. The molecular formula is C6H13NO5Si. The number of allylic oxidation sites excluding steroid dienone is 1. The van der Waals surface area contributed by atoms with Gasteiger partial charge in [-0.25, -0.2) is 0 Å². The Balaban J connectivity index is 0. The zero-order chi connectivity index (χ0) is 10.9. The first-order valence-corrected chi connectivity index (χ1v) is 5.11. The molecule has 0 aliphatic carbocycles. The molecule has 0 amide bonds. The number of hydrogen-bond acceptors (Lipinski definition) is 6. The van der Waals surface area contributed by atoms with E-state index in [1.807, 2.05) is 0 Å². The number of nitrogens with zero attached hydrogens (tertiary/aromatic N) is 1. The standard InChI is InChI=1S/C3H3N.C3H6O.H4O4Si/c1-2-3-4;1-3-2-4-3;1-5(2,3)4/h2H,1H2;3H,2H2,1H3;1-4H. The lowest BCUT2D eigenvalue weighted by Gasteiger charge is -1.91. The van der Waals surface area contributed by atoms with Crippen LogP contribution < -0.4 is 0 Å². The molecule has 1 fully saturated rings. The highest BCUT2D eigenvalue weighted by molar-refractivity contribution is 6.46. The maximum absolute atomic E-state index is 7.51. The third kappa shape index (κ3) is 91.2. The fourth-order valence-corrected chi connectivity index (χ4v) is 0.0962. The molecule has 76 valence electrons. The lowest BCUT2D eigenvalue weighted by molar-refractivity contribution is 0.117. The second kappa shape index (κ2) is 7.87. The molecule has 1 saturated heterocycles. The molecule has 6 nitrogen and oxygen atoms in total. The Morgan fingerprint density at radius 2 is 1.69 bits per heavy atom. The average molecular weight is 207 g/mol. The molecule has 0 spiro atoms. The van der Waals surface area contributed by atoms with Gasteiger partial charge in [-0.05, 0) is 6.92 Å². The van der Waals surface area contributed by atoms with Gasteiger partial charge in [0.2, 0.25) is 0 Å². The van der Waals surface area contributed by atoms with Crippen LogP contribution in [0.5, 0.6) is 0 Å². The van der Waals surface area contributed by atoms with Gasteiger partial charge in [0.15, 0.2) is 0 Å². The quantitative estimate of drug-likeness (QED) is 0.218. The van der Waals surface area contributed by atoms with Crippen LogP contribution in [-0.4, -0.2) is 40.9 Å². The van der Waals surface area contributed by atoms with Crippen molar-refractivity contribution in [3.63, 3.8) is 0 Å². The summed E-state index contributed by atoms with van der Waals surface area (Å²) in [6, 6.07) is 1.69. The maximum Gasteiger partial charge on any atom is 0.668 e. The van der Waals surface area contributed by atoms with E-state index in [9.17, 15) is 0 Å². The number of ether oxygens (including phenoxy) is 1. The van der Waals surface area contributed by atoms with Gasteiger partial charge in [0, 0.05) is 6.08 Å². The van der Waals surface area contributed by atoms with Gasteiger partial charge in [-0.15, -0.1) is 0 Å². The molecule has 0 aromatic heterocycles. The minimum absolute atomic E-state index is 0.583. The van der Waals surface area contributed by atoms with E-state index >= 15 is 0 Å². The van der Waals surface area contributed by atoms with E-state index in [-0.39, 0.29) is 0 Å². The minimum Gasteiger partial charge on any atom is -0.373 e. The molecule has 1 unspecified atom stereocenters. The normalized spacial score (nSPS) is 18.0. The van der Waals surface area contributed by atoms with Crippen LogP contribution in [0.4, 0.5) is 0 Å². The Bertz CT molecular complexity index is 163. The van der Waals surface area contributed by atoms with Crippen molar-refractivity contribution >= 4 is 9.05 Å². The first-order chi connectivity index (χ1) is 5.81. The summed E-state index contributed by atoms with van der Waals surface area (Å²) in [4.78, 5) is 29.3. The Kier molecular flexibility index (Phi) is 8.94. The van der Waals surface area contributed by atoms with Crippen LogP contribution in [0.3, 0.4) is 0 Å². The summed E-state index contributed by atoms with van der Waals surface area (Å²) in [5.41, 5.74) is 0. The van der Waals surface area contributed by atoms with Gasteiger partial charge in [0.25, 0.3) is 0 Å². The zero-order valence-corrected chi connectivity index (χ0v) is 8.21. The minimum atomic E-state index is -4.61. The fraction of sp³-hybridized carbons (Fsp3) is 0.500. The van der Waals surface area contributed by atoms with E-state index in [0.29, 0.717) is 6.10 Å². The van der Waals surface area contributed by atoms with Crippen LogP contribution in [0.1, 0.15) is 6.92 Å². The lowest BCUT2D eigenvalue weighted by Crippen LogP contribution is -2.33. The molecule has 1 heterocycles. The number of nitriles is 1. The third-order valence-electron chi connectivity index (χ3n) is 0.591. The van der Waals surface area contributed by atoms with E-state index in [1.54, 1.807) is 6.07 Å². The van der Waals surface area contributed by atoms with Crippen molar-refractivity contribution < 1.29 is 23.9 Å². The van der Waals surface area contributed by atoms with Gasteiger partial charge >= 0.3 is 9.05 Å². The molecule has 1 atom stereocenters. The van der Waals surface area contributed by atoms with E-state index in [2.05, 4.69) is 13.5 Å². The first-order valence-electron chi connectivity index (χ1n) is 3.32. The maximum atomic E-state index is 7.51. The molecule has 1 aliphatic rings. The van der Waals surface area contributed by atoms with Gasteiger partial charge in [-0.3, -0.25) is 0 Å². The summed E-state index contributed by atoms with van der Waals surface area (Å²) in [5.74, 6) is 0. The van der Waals surface area contributed by atoms with E-state index in [1.165, 1.54) is 6.08 Å². The summed E-state index contributed by atoms with van der Waals surface area (Å²) in [6.45, 7) is 6.16. The van der Waals surface area contributed by atoms with Gasteiger partial charge in [-0.1, -0.05) is 6.58 Å². The monoisotopic (exact) mass is 207 g/mol. The average Bonchev–Trinajstić information content (AvgIpc) is 2.69. The summed E-state index contributed by atoms with van der Waals surface area (Å²) in [7, 11) is -4.61. The van der Waals surface area contributed by atoms with Crippen molar-refractivity contribution in [1.29, 1.82) is 5.26 Å². The predicted octanol–water partition coefficient (Wildman–Crippen LogP) is -1.51. The largest absolute Gasteiger partial charge is 0.668 e. The fourth-order valence-electron chi connectivity index (χ4n) is 0.0962. The summed E-state index contributed by atoms with van der Waals surface area (Å²) < 4.78 is 4.71. The van der Waals surface area contributed by atoms with E-state index in [0.717, 1.165) is 6.61 Å². The zero-order valence-electron chi connectivity index (χ0n) is 7.21. The second-order valence-electron chi connectivity index (χ2n) is 2.08. The Morgan fingerprint density at radius 1 is 1.54 bits per heavy atom. The van der Waals surface area contributed by atoms with Crippen molar-refractivity contribution in [3.05, 3.63) is 12.7 Å². The second-order valence-corrected chi connectivity index (χ2v) is 3.28. The van der Waals surface area contributed by atoms with Crippen LogP contribution >= 0.6 is 0 Å². The van der Waals surface area contributed by atoms with Crippen molar-refractivity contribution in [2.45, 2.75) is 13.0 Å². The number of epoxide rings is 1. The SMILES string of the molecule is C=CC#N.CC1CO1.O[Si](O)(O)O.